The quantitative estimate of drug-likeness (QED) is 0.673. The standard InChI is InChI=1S/C11H12O3/c1-2-10(12)8-3-4-11-9(5-8)6-13-7-14-11/h3-5H,2,6-7H2,1H3. The second kappa shape index (κ2) is 3.80. The number of Topliss-reactive ketones (excluding diaryl/α,β-unsaturated/α-hetero) is 1. The Hall–Kier alpha value is -1.35. The van der Waals surface area contributed by atoms with Gasteiger partial charge in [-0.2, -0.15) is 0 Å². The van der Waals surface area contributed by atoms with E-state index in [1.54, 1.807) is 6.07 Å². The Labute approximate surface area is 82.6 Å². The van der Waals surface area contributed by atoms with E-state index in [0.717, 1.165) is 16.9 Å². The van der Waals surface area contributed by atoms with Crippen molar-refractivity contribution in [3.63, 3.8) is 0 Å². The summed E-state index contributed by atoms with van der Waals surface area (Å²) in [6.07, 6.45) is 0.528. The van der Waals surface area contributed by atoms with Crippen molar-refractivity contribution in [1.82, 2.24) is 0 Å². The first-order chi connectivity index (χ1) is 6.81. The van der Waals surface area contributed by atoms with Gasteiger partial charge < -0.3 is 9.47 Å². The van der Waals surface area contributed by atoms with Crippen LogP contribution in [0.4, 0.5) is 0 Å². The molecule has 74 valence electrons. The van der Waals surface area contributed by atoms with Crippen molar-refractivity contribution in [2.75, 3.05) is 6.79 Å². The Morgan fingerprint density at radius 1 is 1.50 bits per heavy atom. The van der Waals surface area contributed by atoms with E-state index in [0.29, 0.717) is 19.8 Å². The van der Waals surface area contributed by atoms with Crippen molar-refractivity contribution in [2.45, 2.75) is 20.0 Å². The molecular formula is C11H12O3. The molecular weight excluding hydrogens is 180 g/mol. The summed E-state index contributed by atoms with van der Waals surface area (Å²) in [7, 11) is 0. The second-order valence-electron chi connectivity index (χ2n) is 3.21. The first-order valence-corrected chi connectivity index (χ1v) is 4.68. The van der Waals surface area contributed by atoms with Gasteiger partial charge in [0, 0.05) is 17.5 Å². The summed E-state index contributed by atoms with van der Waals surface area (Å²) in [5, 5.41) is 0. The van der Waals surface area contributed by atoms with E-state index in [1.165, 1.54) is 0 Å². The predicted molar refractivity (Wildman–Crippen MR) is 51.3 cm³/mol. The van der Waals surface area contributed by atoms with Crippen molar-refractivity contribution in [3.05, 3.63) is 29.3 Å². The maximum Gasteiger partial charge on any atom is 0.189 e. The van der Waals surface area contributed by atoms with Crippen LogP contribution < -0.4 is 4.74 Å². The van der Waals surface area contributed by atoms with Crippen molar-refractivity contribution >= 4 is 5.78 Å². The van der Waals surface area contributed by atoms with Gasteiger partial charge >= 0.3 is 0 Å². The molecule has 1 aliphatic rings. The van der Waals surface area contributed by atoms with Gasteiger partial charge in [-0.25, -0.2) is 0 Å². The molecule has 0 saturated heterocycles. The lowest BCUT2D eigenvalue weighted by atomic mass is 10.0. The maximum absolute atomic E-state index is 11.4. The second-order valence-corrected chi connectivity index (χ2v) is 3.21. The summed E-state index contributed by atoms with van der Waals surface area (Å²) >= 11 is 0. The normalized spacial score (nSPS) is 14.4. The highest BCUT2D eigenvalue weighted by Gasteiger charge is 2.12. The molecule has 0 amide bonds. The number of hydrogen-bond acceptors (Lipinski definition) is 3. The van der Waals surface area contributed by atoms with Crippen LogP contribution in [0.25, 0.3) is 0 Å². The third kappa shape index (κ3) is 1.63. The molecule has 0 spiro atoms. The lowest BCUT2D eigenvalue weighted by Crippen LogP contribution is -2.12. The summed E-state index contributed by atoms with van der Waals surface area (Å²) in [4.78, 5) is 11.4. The van der Waals surface area contributed by atoms with Gasteiger partial charge in [0.05, 0.1) is 6.61 Å². The van der Waals surface area contributed by atoms with Crippen LogP contribution in [-0.4, -0.2) is 12.6 Å². The molecule has 14 heavy (non-hydrogen) atoms. The average Bonchev–Trinajstić information content (AvgIpc) is 2.27. The largest absolute Gasteiger partial charge is 0.467 e. The Morgan fingerprint density at radius 3 is 3.14 bits per heavy atom. The molecule has 2 rings (SSSR count). The molecule has 0 N–H and O–H groups in total. The Kier molecular flexibility index (Phi) is 2.50. The predicted octanol–water partition coefficient (Wildman–Crippen LogP) is 2.15. The highest BCUT2D eigenvalue weighted by atomic mass is 16.7. The number of rotatable bonds is 2. The first kappa shape index (κ1) is 9.21. The van der Waals surface area contributed by atoms with E-state index in [-0.39, 0.29) is 5.78 Å². The summed E-state index contributed by atoms with van der Waals surface area (Å²) in [6.45, 7) is 2.68. The van der Waals surface area contributed by atoms with Crippen LogP contribution in [0, 0.1) is 0 Å². The highest BCUT2D eigenvalue weighted by Crippen LogP contribution is 2.24. The molecule has 0 saturated carbocycles. The third-order valence-corrected chi connectivity index (χ3v) is 2.26. The molecule has 0 unspecified atom stereocenters. The van der Waals surface area contributed by atoms with Gasteiger partial charge in [0.25, 0.3) is 0 Å². The monoisotopic (exact) mass is 192 g/mol. The molecule has 0 fully saturated rings. The molecule has 1 aliphatic heterocycles. The first-order valence-electron chi connectivity index (χ1n) is 4.68. The number of carbonyl (C=O) groups excluding carboxylic acids is 1. The van der Waals surface area contributed by atoms with Crippen molar-refractivity contribution < 1.29 is 14.3 Å². The van der Waals surface area contributed by atoms with E-state index in [2.05, 4.69) is 0 Å². The van der Waals surface area contributed by atoms with Crippen LogP contribution >= 0.6 is 0 Å². The number of ketones is 1. The van der Waals surface area contributed by atoms with E-state index in [9.17, 15) is 4.79 Å². The van der Waals surface area contributed by atoms with Crippen molar-refractivity contribution in [3.8, 4) is 5.75 Å². The zero-order valence-electron chi connectivity index (χ0n) is 8.08. The van der Waals surface area contributed by atoms with E-state index >= 15 is 0 Å². The summed E-state index contributed by atoms with van der Waals surface area (Å²) < 4.78 is 10.4. The van der Waals surface area contributed by atoms with Gasteiger partial charge in [-0.3, -0.25) is 4.79 Å². The molecule has 0 atom stereocenters. The lowest BCUT2D eigenvalue weighted by Gasteiger charge is -2.17. The molecule has 0 radical (unpaired) electrons. The van der Waals surface area contributed by atoms with Gasteiger partial charge in [0.1, 0.15) is 5.75 Å². The SMILES string of the molecule is CCC(=O)c1ccc2c(c1)COCO2. The van der Waals surface area contributed by atoms with Gasteiger partial charge in [0.15, 0.2) is 12.6 Å². The van der Waals surface area contributed by atoms with Crippen LogP contribution in [0.3, 0.4) is 0 Å². The molecule has 1 aromatic rings. The molecule has 1 heterocycles. The third-order valence-electron chi connectivity index (χ3n) is 2.26. The lowest BCUT2D eigenvalue weighted by molar-refractivity contribution is -0.0163. The molecule has 3 nitrogen and oxygen atoms in total. The van der Waals surface area contributed by atoms with Crippen LogP contribution in [0.15, 0.2) is 18.2 Å². The fourth-order valence-electron chi connectivity index (χ4n) is 1.47. The molecule has 0 bridgehead atoms. The van der Waals surface area contributed by atoms with E-state index in [1.807, 2.05) is 19.1 Å². The Balaban J connectivity index is 2.33. The number of carbonyl (C=O) groups is 1. The number of ether oxygens (including phenoxy) is 2. The van der Waals surface area contributed by atoms with E-state index < -0.39 is 0 Å². The Bertz CT molecular complexity index is 358. The summed E-state index contributed by atoms with van der Waals surface area (Å²) in [5.41, 5.74) is 1.69. The fraction of sp³-hybridized carbons (Fsp3) is 0.364. The van der Waals surface area contributed by atoms with Gasteiger partial charge in [0.2, 0.25) is 0 Å². The fourth-order valence-corrected chi connectivity index (χ4v) is 1.47. The van der Waals surface area contributed by atoms with Gasteiger partial charge in [-0.05, 0) is 18.2 Å². The minimum Gasteiger partial charge on any atom is -0.467 e. The molecule has 3 heteroatoms. The Morgan fingerprint density at radius 2 is 2.36 bits per heavy atom. The minimum absolute atomic E-state index is 0.151. The van der Waals surface area contributed by atoms with Crippen LogP contribution in [0.5, 0.6) is 5.75 Å². The van der Waals surface area contributed by atoms with Crippen LogP contribution in [-0.2, 0) is 11.3 Å². The number of hydrogen-bond donors (Lipinski definition) is 0. The zero-order chi connectivity index (χ0) is 9.97. The molecule has 1 aromatic carbocycles. The van der Waals surface area contributed by atoms with Crippen LogP contribution in [0.2, 0.25) is 0 Å². The summed E-state index contributed by atoms with van der Waals surface area (Å²) in [5.74, 6) is 0.974. The van der Waals surface area contributed by atoms with Crippen molar-refractivity contribution in [2.24, 2.45) is 0 Å². The van der Waals surface area contributed by atoms with Gasteiger partial charge in [-0.15, -0.1) is 0 Å². The zero-order valence-corrected chi connectivity index (χ0v) is 8.08. The molecule has 0 aromatic heterocycles. The van der Waals surface area contributed by atoms with Crippen molar-refractivity contribution in [1.29, 1.82) is 0 Å². The smallest absolute Gasteiger partial charge is 0.189 e. The number of fused-ring (bicyclic) bond motifs is 1. The average molecular weight is 192 g/mol. The molecule has 0 aliphatic carbocycles. The topological polar surface area (TPSA) is 35.5 Å². The number of benzene rings is 1. The van der Waals surface area contributed by atoms with Gasteiger partial charge in [-0.1, -0.05) is 6.92 Å². The highest BCUT2D eigenvalue weighted by molar-refractivity contribution is 5.96. The minimum atomic E-state index is 0.151. The maximum atomic E-state index is 11.4. The summed E-state index contributed by atoms with van der Waals surface area (Å²) in [6, 6.07) is 5.48. The van der Waals surface area contributed by atoms with Crippen LogP contribution in [0.1, 0.15) is 29.3 Å². The van der Waals surface area contributed by atoms with E-state index in [4.69, 9.17) is 9.47 Å².